The van der Waals surface area contributed by atoms with Crippen LogP contribution in [0.1, 0.15) is 17.2 Å². The average Bonchev–Trinajstić information content (AvgIpc) is 2.49. The Hall–Kier alpha value is -1.91. The van der Waals surface area contributed by atoms with Crippen molar-refractivity contribution in [3.63, 3.8) is 0 Å². The lowest BCUT2D eigenvalue weighted by Gasteiger charge is -2.21. The van der Waals surface area contributed by atoms with Crippen molar-refractivity contribution in [3.8, 4) is 0 Å². The van der Waals surface area contributed by atoms with Crippen LogP contribution in [0, 0.1) is 0 Å². The molecule has 1 heterocycles. The Morgan fingerprint density at radius 3 is 2.65 bits per heavy atom. The number of likely N-dealkylation sites (N-methyl/N-ethyl adjacent to an activating group) is 1. The number of carbonyl (C=O) groups is 1. The Morgan fingerprint density at radius 1 is 1.30 bits per heavy atom. The van der Waals surface area contributed by atoms with Crippen LogP contribution < -0.4 is 5.73 Å². The number of benzene rings is 1. The maximum atomic E-state index is 12.3. The van der Waals surface area contributed by atoms with E-state index in [4.69, 9.17) is 17.3 Å². The van der Waals surface area contributed by atoms with Crippen LogP contribution in [-0.4, -0.2) is 22.8 Å². The van der Waals surface area contributed by atoms with Crippen LogP contribution in [-0.2, 0) is 11.3 Å². The van der Waals surface area contributed by atoms with Crippen molar-refractivity contribution >= 4 is 17.5 Å². The van der Waals surface area contributed by atoms with E-state index in [-0.39, 0.29) is 5.91 Å². The van der Waals surface area contributed by atoms with Crippen molar-refractivity contribution in [1.82, 2.24) is 9.88 Å². The fraction of sp³-hybridized carbons (Fsp3) is 0.200. The van der Waals surface area contributed by atoms with Gasteiger partial charge in [0.05, 0.1) is 0 Å². The highest BCUT2D eigenvalue weighted by Gasteiger charge is 2.20. The third-order valence-electron chi connectivity index (χ3n) is 3.04. The first-order chi connectivity index (χ1) is 9.59. The minimum Gasteiger partial charge on any atom is -0.340 e. The van der Waals surface area contributed by atoms with E-state index in [9.17, 15) is 4.79 Å². The Morgan fingerprint density at radius 2 is 2.00 bits per heavy atom. The number of amides is 1. The summed E-state index contributed by atoms with van der Waals surface area (Å²) < 4.78 is 0. The Kier molecular flexibility index (Phi) is 4.71. The lowest BCUT2D eigenvalue weighted by Crippen LogP contribution is -2.35. The number of pyridine rings is 1. The molecule has 4 nitrogen and oxygen atoms in total. The van der Waals surface area contributed by atoms with Gasteiger partial charge in [-0.2, -0.15) is 0 Å². The molecule has 2 N–H and O–H groups in total. The smallest absolute Gasteiger partial charge is 0.244 e. The minimum absolute atomic E-state index is 0.156. The first kappa shape index (κ1) is 14.5. The quantitative estimate of drug-likeness (QED) is 0.879. The predicted octanol–water partition coefficient (Wildman–Crippen LogP) is 2.39. The lowest BCUT2D eigenvalue weighted by atomic mass is 10.1. The normalized spacial score (nSPS) is 11.9. The highest BCUT2D eigenvalue weighted by Crippen LogP contribution is 2.17. The minimum atomic E-state index is -0.670. The molecule has 0 fully saturated rings. The molecule has 1 amide bonds. The van der Waals surface area contributed by atoms with Crippen molar-refractivity contribution in [2.75, 3.05) is 7.05 Å². The van der Waals surface area contributed by atoms with Gasteiger partial charge in [0.15, 0.2) is 0 Å². The molecule has 20 heavy (non-hydrogen) atoms. The van der Waals surface area contributed by atoms with E-state index in [1.54, 1.807) is 24.2 Å². The van der Waals surface area contributed by atoms with Gasteiger partial charge in [-0.1, -0.05) is 48.0 Å². The molecule has 0 unspecified atom stereocenters. The number of halogens is 1. The summed E-state index contributed by atoms with van der Waals surface area (Å²) in [5.74, 6) is -0.156. The third kappa shape index (κ3) is 3.35. The number of hydrogen-bond donors (Lipinski definition) is 1. The zero-order chi connectivity index (χ0) is 14.5. The first-order valence-electron chi connectivity index (χ1n) is 6.24. The first-order valence-corrected chi connectivity index (χ1v) is 6.62. The molecule has 0 saturated heterocycles. The number of nitrogens with zero attached hydrogens (tertiary/aromatic N) is 2. The van der Waals surface area contributed by atoms with Crippen LogP contribution in [0.5, 0.6) is 0 Å². The van der Waals surface area contributed by atoms with Crippen LogP contribution in [0.4, 0.5) is 0 Å². The van der Waals surface area contributed by atoms with Gasteiger partial charge in [0.25, 0.3) is 0 Å². The molecule has 0 spiro atoms. The van der Waals surface area contributed by atoms with Gasteiger partial charge >= 0.3 is 0 Å². The Labute approximate surface area is 123 Å². The van der Waals surface area contributed by atoms with Crippen LogP contribution >= 0.6 is 11.6 Å². The van der Waals surface area contributed by atoms with Crippen LogP contribution in [0.25, 0.3) is 0 Å². The number of carbonyl (C=O) groups excluding carboxylic acids is 1. The summed E-state index contributed by atoms with van der Waals surface area (Å²) in [7, 11) is 1.70. The number of aromatic nitrogens is 1. The molecule has 5 heteroatoms. The fourth-order valence-electron chi connectivity index (χ4n) is 1.91. The summed E-state index contributed by atoms with van der Waals surface area (Å²) in [6, 6.07) is 12.3. The molecular weight excluding hydrogens is 274 g/mol. The van der Waals surface area contributed by atoms with E-state index < -0.39 is 6.04 Å². The van der Waals surface area contributed by atoms with Gasteiger partial charge in [-0.05, 0) is 11.6 Å². The Bertz CT molecular complexity index is 589. The summed E-state index contributed by atoms with van der Waals surface area (Å²) in [6.45, 7) is 0.381. The molecule has 2 aromatic rings. The molecule has 0 radical (unpaired) electrons. The zero-order valence-electron chi connectivity index (χ0n) is 11.2. The molecule has 0 bridgehead atoms. The summed E-state index contributed by atoms with van der Waals surface area (Å²) in [4.78, 5) is 17.8. The number of rotatable bonds is 4. The zero-order valence-corrected chi connectivity index (χ0v) is 11.9. The average molecular weight is 290 g/mol. The second-order valence-electron chi connectivity index (χ2n) is 4.54. The SMILES string of the molecule is CN(Cc1cccnc1Cl)C(=O)[C@H](N)c1ccccc1. The van der Waals surface area contributed by atoms with E-state index in [0.29, 0.717) is 11.7 Å². The van der Waals surface area contributed by atoms with Crippen LogP contribution in [0.2, 0.25) is 5.15 Å². The van der Waals surface area contributed by atoms with E-state index in [1.807, 2.05) is 36.4 Å². The second kappa shape index (κ2) is 6.50. The van der Waals surface area contributed by atoms with E-state index in [1.165, 1.54) is 0 Å². The maximum absolute atomic E-state index is 12.3. The largest absolute Gasteiger partial charge is 0.340 e. The molecule has 104 valence electrons. The van der Waals surface area contributed by atoms with Gasteiger partial charge in [-0.25, -0.2) is 4.98 Å². The highest BCUT2D eigenvalue weighted by molar-refractivity contribution is 6.30. The molecule has 0 saturated carbocycles. The van der Waals surface area contributed by atoms with Crippen molar-refractivity contribution in [1.29, 1.82) is 0 Å². The maximum Gasteiger partial charge on any atom is 0.244 e. The van der Waals surface area contributed by atoms with E-state index >= 15 is 0 Å². The molecule has 1 aromatic carbocycles. The van der Waals surface area contributed by atoms with E-state index in [2.05, 4.69) is 4.98 Å². The topological polar surface area (TPSA) is 59.2 Å². The van der Waals surface area contributed by atoms with E-state index in [0.717, 1.165) is 11.1 Å². The summed E-state index contributed by atoms with van der Waals surface area (Å²) >= 11 is 5.99. The highest BCUT2D eigenvalue weighted by atomic mass is 35.5. The summed E-state index contributed by atoms with van der Waals surface area (Å²) in [5, 5.41) is 0.403. The molecular formula is C15H16ClN3O. The molecule has 0 aliphatic heterocycles. The monoisotopic (exact) mass is 289 g/mol. The molecule has 2 rings (SSSR count). The second-order valence-corrected chi connectivity index (χ2v) is 4.89. The fourth-order valence-corrected chi connectivity index (χ4v) is 2.09. The van der Waals surface area contributed by atoms with Crippen LogP contribution in [0.15, 0.2) is 48.7 Å². The van der Waals surface area contributed by atoms with Crippen molar-refractivity contribution in [3.05, 3.63) is 64.9 Å². The number of hydrogen-bond acceptors (Lipinski definition) is 3. The van der Waals surface area contributed by atoms with Gasteiger partial charge < -0.3 is 10.6 Å². The Balaban J connectivity index is 2.08. The van der Waals surface area contributed by atoms with Crippen molar-refractivity contribution in [2.45, 2.75) is 12.6 Å². The van der Waals surface area contributed by atoms with Gasteiger partial charge in [0, 0.05) is 25.4 Å². The lowest BCUT2D eigenvalue weighted by molar-refractivity contribution is -0.131. The molecule has 1 atom stereocenters. The predicted molar refractivity (Wildman–Crippen MR) is 79.1 cm³/mol. The van der Waals surface area contributed by atoms with Gasteiger partial charge in [0.2, 0.25) is 5.91 Å². The van der Waals surface area contributed by atoms with Gasteiger partial charge in [0.1, 0.15) is 11.2 Å². The van der Waals surface area contributed by atoms with Gasteiger partial charge in [-0.3, -0.25) is 4.79 Å². The summed E-state index contributed by atoms with van der Waals surface area (Å²) in [6.07, 6.45) is 1.61. The molecule has 0 aliphatic rings. The van der Waals surface area contributed by atoms with Crippen molar-refractivity contribution < 1.29 is 4.79 Å². The van der Waals surface area contributed by atoms with Crippen LogP contribution in [0.3, 0.4) is 0 Å². The summed E-state index contributed by atoms with van der Waals surface area (Å²) in [5.41, 5.74) is 7.58. The molecule has 0 aliphatic carbocycles. The van der Waals surface area contributed by atoms with Gasteiger partial charge in [-0.15, -0.1) is 0 Å². The standard InChI is InChI=1S/C15H16ClN3O/c1-19(10-12-8-5-9-18-14(12)16)15(20)13(17)11-6-3-2-4-7-11/h2-9,13H,10,17H2,1H3/t13-/m1/s1. The van der Waals surface area contributed by atoms with Crippen molar-refractivity contribution in [2.24, 2.45) is 5.73 Å². The number of nitrogens with two attached hydrogens (primary N) is 1. The third-order valence-corrected chi connectivity index (χ3v) is 3.39. The molecule has 1 aromatic heterocycles.